The summed E-state index contributed by atoms with van der Waals surface area (Å²) in [5.41, 5.74) is 0. The molecule has 0 amide bonds. The van der Waals surface area contributed by atoms with Crippen LogP contribution in [0, 0.1) is 0 Å². The summed E-state index contributed by atoms with van der Waals surface area (Å²) in [6.45, 7) is 6.56. The number of esters is 3. The molecule has 0 aliphatic heterocycles. The third-order valence-corrected chi connectivity index (χ3v) is 13.8. The predicted molar refractivity (Wildman–Crippen MR) is 307 cm³/mol. The van der Waals surface area contributed by atoms with Crippen molar-refractivity contribution in [2.45, 2.75) is 335 Å². The number of rotatable bonds is 57. The van der Waals surface area contributed by atoms with Crippen molar-refractivity contribution in [3.05, 3.63) is 48.6 Å². The second kappa shape index (κ2) is 59.9. The minimum Gasteiger partial charge on any atom is -0.462 e. The van der Waals surface area contributed by atoms with E-state index in [0.717, 1.165) is 96.3 Å². The molecule has 6 nitrogen and oxygen atoms in total. The van der Waals surface area contributed by atoms with E-state index in [4.69, 9.17) is 14.2 Å². The molecule has 414 valence electrons. The second-order valence-electron chi connectivity index (χ2n) is 20.9. The molecule has 0 aromatic rings. The highest BCUT2D eigenvalue weighted by Gasteiger charge is 2.19. The third-order valence-electron chi connectivity index (χ3n) is 13.8. The number of allylic oxidation sites excluding steroid dienone is 8. The summed E-state index contributed by atoms with van der Waals surface area (Å²) in [6.07, 6.45) is 74.0. The van der Waals surface area contributed by atoms with Crippen molar-refractivity contribution < 1.29 is 28.6 Å². The van der Waals surface area contributed by atoms with Crippen LogP contribution in [-0.4, -0.2) is 37.2 Å². The Morgan fingerprint density at radius 1 is 0.296 bits per heavy atom. The first kappa shape index (κ1) is 68.4. The number of carbonyl (C=O) groups excluding carboxylic acids is 3. The van der Waals surface area contributed by atoms with Gasteiger partial charge in [0.05, 0.1) is 0 Å². The molecule has 0 aliphatic carbocycles. The second-order valence-corrected chi connectivity index (χ2v) is 20.9. The van der Waals surface area contributed by atoms with Crippen molar-refractivity contribution in [1.82, 2.24) is 0 Å². The van der Waals surface area contributed by atoms with Gasteiger partial charge < -0.3 is 14.2 Å². The van der Waals surface area contributed by atoms with E-state index in [9.17, 15) is 14.4 Å². The van der Waals surface area contributed by atoms with Crippen LogP contribution < -0.4 is 0 Å². The van der Waals surface area contributed by atoms with Crippen molar-refractivity contribution in [2.24, 2.45) is 0 Å². The van der Waals surface area contributed by atoms with Gasteiger partial charge >= 0.3 is 17.9 Å². The molecule has 0 aliphatic rings. The minimum absolute atomic E-state index is 0.0755. The molecule has 0 N–H and O–H groups in total. The fourth-order valence-corrected chi connectivity index (χ4v) is 9.16. The summed E-state index contributed by atoms with van der Waals surface area (Å²) in [7, 11) is 0. The van der Waals surface area contributed by atoms with Crippen molar-refractivity contribution in [2.75, 3.05) is 13.2 Å². The van der Waals surface area contributed by atoms with Gasteiger partial charge in [0.25, 0.3) is 0 Å². The van der Waals surface area contributed by atoms with Crippen LogP contribution >= 0.6 is 0 Å². The van der Waals surface area contributed by atoms with Crippen LogP contribution in [0.5, 0.6) is 0 Å². The Kier molecular flexibility index (Phi) is 57.7. The third kappa shape index (κ3) is 58.1. The number of carbonyl (C=O) groups is 3. The topological polar surface area (TPSA) is 78.9 Å². The molecule has 1 atom stereocenters. The lowest BCUT2D eigenvalue weighted by atomic mass is 10.0. The molecule has 0 bridgehead atoms. The molecular weight excluding hydrogens is 877 g/mol. The largest absolute Gasteiger partial charge is 0.462 e. The van der Waals surface area contributed by atoms with Crippen LogP contribution in [0.3, 0.4) is 0 Å². The van der Waals surface area contributed by atoms with E-state index in [1.165, 1.54) is 193 Å². The van der Waals surface area contributed by atoms with Gasteiger partial charge in [-0.15, -0.1) is 0 Å². The molecule has 0 saturated carbocycles. The van der Waals surface area contributed by atoms with E-state index < -0.39 is 6.10 Å². The van der Waals surface area contributed by atoms with Gasteiger partial charge in [-0.05, 0) is 77.0 Å². The molecule has 0 aromatic heterocycles. The summed E-state index contributed by atoms with van der Waals surface area (Å²) in [6, 6.07) is 0. The zero-order valence-electron chi connectivity index (χ0n) is 47.5. The Bertz CT molecular complexity index is 1230. The number of hydrogen-bond acceptors (Lipinski definition) is 6. The molecule has 0 radical (unpaired) electrons. The van der Waals surface area contributed by atoms with Gasteiger partial charge in [0.1, 0.15) is 13.2 Å². The molecule has 6 heteroatoms. The standard InChI is InChI=1S/C65H118O6/c1-4-7-10-13-16-19-22-25-28-30-31-32-33-35-37-40-43-46-49-52-55-58-64(67)70-61-62(60-69-63(66)57-54-51-48-45-42-39-36-27-24-21-18-15-12-9-6-3)71-65(68)59-56-53-50-47-44-41-38-34-29-26-23-20-17-14-11-8-5-2/h9,12,18,21,25,27-28,36,62H,4-8,10-11,13-17,19-20,22-24,26,29-35,37-61H2,1-3H3/b12-9-,21-18-,28-25-,36-27-/t62-/m1/s1. The highest BCUT2D eigenvalue weighted by atomic mass is 16.6. The molecule has 0 aromatic carbocycles. The Balaban J connectivity index is 4.33. The van der Waals surface area contributed by atoms with Crippen molar-refractivity contribution in [3.63, 3.8) is 0 Å². The molecule has 0 rings (SSSR count). The lowest BCUT2D eigenvalue weighted by molar-refractivity contribution is -0.167. The Labute approximate surface area is 441 Å². The molecule has 0 saturated heterocycles. The van der Waals surface area contributed by atoms with E-state index in [0.29, 0.717) is 19.3 Å². The molecule has 0 spiro atoms. The summed E-state index contributed by atoms with van der Waals surface area (Å²) in [4.78, 5) is 38.3. The van der Waals surface area contributed by atoms with Crippen LogP contribution in [0.1, 0.15) is 329 Å². The highest BCUT2D eigenvalue weighted by molar-refractivity contribution is 5.71. The van der Waals surface area contributed by atoms with Crippen molar-refractivity contribution in [3.8, 4) is 0 Å². The number of ether oxygens (including phenoxy) is 3. The van der Waals surface area contributed by atoms with Gasteiger partial charge in [-0.1, -0.05) is 281 Å². The van der Waals surface area contributed by atoms with E-state index in [1.54, 1.807) is 0 Å². The Morgan fingerprint density at radius 3 is 0.873 bits per heavy atom. The maximum Gasteiger partial charge on any atom is 0.306 e. The van der Waals surface area contributed by atoms with Crippen LogP contribution in [0.15, 0.2) is 48.6 Å². The molecule has 0 unspecified atom stereocenters. The van der Waals surface area contributed by atoms with Crippen LogP contribution in [-0.2, 0) is 28.6 Å². The van der Waals surface area contributed by atoms with Crippen LogP contribution in [0.4, 0.5) is 0 Å². The van der Waals surface area contributed by atoms with Gasteiger partial charge in [0, 0.05) is 19.3 Å². The average molecular weight is 996 g/mol. The lowest BCUT2D eigenvalue weighted by Gasteiger charge is -2.18. The SMILES string of the molecule is CC/C=C\C/C=C\C/C=C\CCCCCCCC(=O)OC[C@H](COC(=O)CCCCCCCCCCCCC/C=C\CCCCCCCC)OC(=O)CCCCCCCCCCCCCCCCCCC. The van der Waals surface area contributed by atoms with Gasteiger partial charge in [-0.2, -0.15) is 0 Å². The van der Waals surface area contributed by atoms with E-state index >= 15 is 0 Å². The smallest absolute Gasteiger partial charge is 0.306 e. The van der Waals surface area contributed by atoms with Crippen LogP contribution in [0.2, 0.25) is 0 Å². The normalized spacial score (nSPS) is 12.3. The lowest BCUT2D eigenvalue weighted by Crippen LogP contribution is -2.30. The fraction of sp³-hybridized carbons (Fsp3) is 0.831. The zero-order valence-corrected chi connectivity index (χ0v) is 47.5. The minimum atomic E-state index is -0.779. The fourth-order valence-electron chi connectivity index (χ4n) is 9.16. The zero-order chi connectivity index (χ0) is 51.4. The van der Waals surface area contributed by atoms with Gasteiger partial charge in [0.15, 0.2) is 6.10 Å². The first-order chi connectivity index (χ1) is 35.0. The molecule has 0 fully saturated rings. The monoisotopic (exact) mass is 995 g/mol. The Hall–Kier alpha value is -2.63. The Morgan fingerprint density at radius 2 is 0.549 bits per heavy atom. The summed E-state index contributed by atoms with van der Waals surface area (Å²) >= 11 is 0. The molecular formula is C65H118O6. The maximum atomic E-state index is 12.9. The maximum absolute atomic E-state index is 12.9. The molecule has 71 heavy (non-hydrogen) atoms. The quantitative estimate of drug-likeness (QED) is 0.0261. The van der Waals surface area contributed by atoms with E-state index in [-0.39, 0.29) is 31.1 Å². The number of hydrogen-bond donors (Lipinski definition) is 0. The summed E-state index contributed by atoms with van der Waals surface area (Å²) < 4.78 is 16.9. The van der Waals surface area contributed by atoms with Gasteiger partial charge in [-0.3, -0.25) is 14.4 Å². The van der Waals surface area contributed by atoms with Crippen molar-refractivity contribution >= 4 is 17.9 Å². The first-order valence-corrected chi connectivity index (χ1v) is 31.1. The molecule has 0 heterocycles. The average Bonchev–Trinajstić information content (AvgIpc) is 3.37. The number of unbranched alkanes of at least 4 members (excludes halogenated alkanes) is 38. The van der Waals surface area contributed by atoms with Crippen LogP contribution in [0.25, 0.3) is 0 Å². The van der Waals surface area contributed by atoms with Gasteiger partial charge in [-0.25, -0.2) is 0 Å². The first-order valence-electron chi connectivity index (χ1n) is 31.1. The summed E-state index contributed by atoms with van der Waals surface area (Å²) in [5.74, 6) is -0.874. The van der Waals surface area contributed by atoms with E-state index in [2.05, 4.69) is 69.4 Å². The van der Waals surface area contributed by atoms with Crippen molar-refractivity contribution in [1.29, 1.82) is 0 Å². The summed E-state index contributed by atoms with van der Waals surface area (Å²) in [5, 5.41) is 0. The van der Waals surface area contributed by atoms with Gasteiger partial charge in [0.2, 0.25) is 0 Å². The predicted octanol–water partition coefficient (Wildman–Crippen LogP) is 21.0. The van der Waals surface area contributed by atoms with E-state index in [1.807, 2.05) is 0 Å². The highest BCUT2D eigenvalue weighted by Crippen LogP contribution is 2.17.